The summed E-state index contributed by atoms with van der Waals surface area (Å²) < 4.78 is 5.53. The predicted molar refractivity (Wildman–Crippen MR) is 66.4 cm³/mol. The van der Waals surface area contributed by atoms with Crippen molar-refractivity contribution >= 4 is 12.0 Å². The van der Waals surface area contributed by atoms with E-state index in [1.165, 1.54) is 0 Å². The van der Waals surface area contributed by atoms with Crippen LogP contribution in [-0.2, 0) is 9.53 Å². The highest BCUT2D eigenvalue weighted by Crippen LogP contribution is 2.11. The summed E-state index contributed by atoms with van der Waals surface area (Å²) in [6.07, 6.45) is -0.0522. The van der Waals surface area contributed by atoms with E-state index in [9.17, 15) is 9.59 Å². The van der Waals surface area contributed by atoms with Gasteiger partial charge in [-0.2, -0.15) is 0 Å². The first-order valence-corrected chi connectivity index (χ1v) is 6.25. The predicted octanol–water partition coefficient (Wildman–Crippen LogP) is 0.914. The number of rotatable bonds is 3. The molecule has 104 valence electrons. The lowest BCUT2D eigenvalue weighted by molar-refractivity contribution is -0.140. The molecule has 1 heterocycles. The van der Waals surface area contributed by atoms with Gasteiger partial charge in [-0.1, -0.05) is 13.8 Å². The number of carbonyl (C=O) groups excluding carboxylic acids is 1. The summed E-state index contributed by atoms with van der Waals surface area (Å²) in [7, 11) is 0. The van der Waals surface area contributed by atoms with Crippen molar-refractivity contribution in [2.45, 2.75) is 45.9 Å². The first-order chi connectivity index (χ1) is 8.31. The van der Waals surface area contributed by atoms with Gasteiger partial charge in [-0.25, -0.2) is 9.59 Å². The Morgan fingerprint density at radius 2 is 1.78 bits per heavy atom. The molecule has 0 saturated carbocycles. The molecule has 2 amide bonds. The number of amides is 2. The summed E-state index contributed by atoms with van der Waals surface area (Å²) >= 11 is 0. The number of morpholine rings is 1. The van der Waals surface area contributed by atoms with E-state index in [1.54, 1.807) is 18.7 Å². The van der Waals surface area contributed by atoms with Crippen molar-refractivity contribution in [3.8, 4) is 0 Å². The highest BCUT2D eigenvalue weighted by molar-refractivity contribution is 5.82. The van der Waals surface area contributed by atoms with Crippen LogP contribution in [0.3, 0.4) is 0 Å². The van der Waals surface area contributed by atoms with Gasteiger partial charge in [0.05, 0.1) is 12.2 Å². The smallest absolute Gasteiger partial charge is 0.326 e. The lowest BCUT2D eigenvalue weighted by atomic mass is 10.1. The molecule has 1 aliphatic heterocycles. The minimum absolute atomic E-state index is 0.0261. The molecule has 1 aliphatic rings. The summed E-state index contributed by atoms with van der Waals surface area (Å²) in [5.74, 6) is -1.16. The summed E-state index contributed by atoms with van der Waals surface area (Å²) in [5.41, 5.74) is 0. The molecular formula is C12H22N2O4. The van der Waals surface area contributed by atoms with Crippen LogP contribution in [0.1, 0.15) is 27.7 Å². The largest absolute Gasteiger partial charge is 0.480 e. The maximum absolute atomic E-state index is 12.0. The fraction of sp³-hybridized carbons (Fsp3) is 0.833. The number of urea groups is 1. The molecule has 0 aliphatic carbocycles. The number of aliphatic carboxylic acids is 1. The van der Waals surface area contributed by atoms with E-state index in [2.05, 4.69) is 5.32 Å². The number of hydrogen-bond acceptors (Lipinski definition) is 3. The maximum Gasteiger partial charge on any atom is 0.326 e. The number of ether oxygens (including phenoxy) is 1. The van der Waals surface area contributed by atoms with Crippen molar-refractivity contribution in [2.75, 3.05) is 13.1 Å². The molecule has 2 N–H and O–H groups in total. The Balaban J connectivity index is 2.61. The normalized spacial score (nSPS) is 25.9. The van der Waals surface area contributed by atoms with Crippen LogP contribution >= 0.6 is 0 Å². The molecule has 1 fully saturated rings. The molecule has 0 radical (unpaired) electrons. The number of nitrogens with zero attached hydrogens (tertiary/aromatic N) is 1. The van der Waals surface area contributed by atoms with Gasteiger partial charge in [0.2, 0.25) is 0 Å². The van der Waals surface area contributed by atoms with Crippen molar-refractivity contribution in [1.29, 1.82) is 0 Å². The van der Waals surface area contributed by atoms with E-state index in [0.717, 1.165) is 0 Å². The average Bonchev–Trinajstić information content (AvgIpc) is 2.23. The minimum atomic E-state index is -1.01. The fourth-order valence-electron chi connectivity index (χ4n) is 2.08. The van der Waals surface area contributed by atoms with E-state index in [-0.39, 0.29) is 24.2 Å². The third-order valence-electron chi connectivity index (χ3n) is 2.92. The highest BCUT2D eigenvalue weighted by Gasteiger charge is 2.30. The highest BCUT2D eigenvalue weighted by atomic mass is 16.5. The molecule has 6 heteroatoms. The second kappa shape index (κ2) is 6.04. The van der Waals surface area contributed by atoms with Crippen LogP contribution in [0.15, 0.2) is 0 Å². The van der Waals surface area contributed by atoms with Crippen LogP contribution in [0.4, 0.5) is 4.79 Å². The van der Waals surface area contributed by atoms with Crippen molar-refractivity contribution < 1.29 is 19.4 Å². The minimum Gasteiger partial charge on any atom is -0.480 e. The Bertz CT molecular complexity index is 309. The van der Waals surface area contributed by atoms with E-state index >= 15 is 0 Å². The van der Waals surface area contributed by atoms with Crippen molar-refractivity contribution in [1.82, 2.24) is 10.2 Å². The molecule has 0 bridgehead atoms. The summed E-state index contributed by atoms with van der Waals surface area (Å²) in [6.45, 7) is 8.30. The Morgan fingerprint density at radius 3 is 2.17 bits per heavy atom. The molecule has 6 nitrogen and oxygen atoms in total. The fourth-order valence-corrected chi connectivity index (χ4v) is 2.08. The van der Waals surface area contributed by atoms with Crippen molar-refractivity contribution in [3.63, 3.8) is 0 Å². The van der Waals surface area contributed by atoms with Gasteiger partial charge in [0.25, 0.3) is 0 Å². The molecule has 1 rings (SSSR count). The van der Waals surface area contributed by atoms with Gasteiger partial charge in [0.1, 0.15) is 6.04 Å². The zero-order valence-corrected chi connectivity index (χ0v) is 11.3. The average molecular weight is 258 g/mol. The quantitative estimate of drug-likeness (QED) is 0.788. The Labute approximate surface area is 107 Å². The van der Waals surface area contributed by atoms with Crippen LogP contribution in [-0.4, -0.2) is 53.3 Å². The topological polar surface area (TPSA) is 78.9 Å². The molecular weight excluding hydrogens is 236 g/mol. The summed E-state index contributed by atoms with van der Waals surface area (Å²) in [5, 5.41) is 11.6. The monoisotopic (exact) mass is 258 g/mol. The lowest BCUT2D eigenvalue weighted by Crippen LogP contribution is -2.55. The van der Waals surface area contributed by atoms with Gasteiger partial charge in [-0.3, -0.25) is 0 Å². The molecule has 18 heavy (non-hydrogen) atoms. The van der Waals surface area contributed by atoms with Gasteiger partial charge in [-0.05, 0) is 19.8 Å². The zero-order valence-electron chi connectivity index (χ0n) is 11.3. The van der Waals surface area contributed by atoms with E-state index in [0.29, 0.717) is 13.1 Å². The van der Waals surface area contributed by atoms with Crippen molar-refractivity contribution in [3.05, 3.63) is 0 Å². The lowest BCUT2D eigenvalue weighted by Gasteiger charge is -2.36. The van der Waals surface area contributed by atoms with Crippen LogP contribution in [0.2, 0.25) is 0 Å². The van der Waals surface area contributed by atoms with Crippen LogP contribution < -0.4 is 5.32 Å². The van der Waals surface area contributed by atoms with Gasteiger partial charge in [0.15, 0.2) is 0 Å². The third-order valence-corrected chi connectivity index (χ3v) is 2.92. The van der Waals surface area contributed by atoms with Crippen LogP contribution in [0, 0.1) is 5.92 Å². The van der Waals surface area contributed by atoms with Gasteiger partial charge in [-0.15, -0.1) is 0 Å². The molecule has 1 saturated heterocycles. The summed E-state index contributed by atoms with van der Waals surface area (Å²) in [6, 6.07) is -1.19. The van der Waals surface area contributed by atoms with Gasteiger partial charge < -0.3 is 20.1 Å². The number of carboxylic acids is 1. The molecule has 0 aromatic carbocycles. The molecule has 0 aromatic heterocycles. The van der Waals surface area contributed by atoms with Gasteiger partial charge in [0, 0.05) is 13.1 Å². The third kappa shape index (κ3) is 3.87. The zero-order chi connectivity index (χ0) is 13.9. The first kappa shape index (κ1) is 14.8. The maximum atomic E-state index is 12.0. The van der Waals surface area contributed by atoms with Gasteiger partial charge >= 0.3 is 12.0 Å². The Hall–Kier alpha value is -1.30. The van der Waals surface area contributed by atoms with Crippen LogP contribution in [0.5, 0.6) is 0 Å². The second-order valence-electron chi connectivity index (χ2n) is 5.17. The number of hydrogen-bond donors (Lipinski definition) is 2. The second-order valence-corrected chi connectivity index (χ2v) is 5.17. The number of carboxylic acid groups (broad SMARTS) is 1. The van der Waals surface area contributed by atoms with Crippen LogP contribution in [0.25, 0.3) is 0 Å². The standard InChI is InChI=1S/C12H22N2O4/c1-7(2)10(11(15)16)13-12(17)14-5-8(3)18-9(4)6-14/h7-10H,5-6H2,1-4H3,(H,13,17)(H,15,16)/t8-,9+,10?. The van der Waals surface area contributed by atoms with E-state index in [4.69, 9.17) is 9.84 Å². The molecule has 1 unspecified atom stereocenters. The van der Waals surface area contributed by atoms with E-state index in [1.807, 2.05) is 13.8 Å². The number of nitrogens with one attached hydrogen (secondary N) is 1. The van der Waals surface area contributed by atoms with Crippen molar-refractivity contribution in [2.24, 2.45) is 5.92 Å². The Morgan fingerprint density at radius 1 is 1.28 bits per heavy atom. The Kier molecular flexibility index (Phi) is 4.95. The molecule has 0 spiro atoms. The first-order valence-electron chi connectivity index (χ1n) is 6.25. The molecule has 0 aromatic rings. The molecule has 3 atom stereocenters. The number of carbonyl (C=O) groups is 2. The SMILES string of the molecule is CC(C)C(NC(=O)N1C[C@@H](C)O[C@@H](C)C1)C(=O)O. The van der Waals surface area contributed by atoms with E-state index < -0.39 is 12.0 Å². The summed E-state index contributed by atoms with van der Waals surface area (Å²) in [4.78, 5) is 24.6.